The van der Waals surface area contributed by atoms with Gasteiger partial charge in [0.05, 0.1) is 0 Å². The highest BCUT2D eigenvalue weighted by Crippen LogP contribution is 2.48. The zero-order valence-corrected chi connectivity index (χ0v) is 10.7. The lowest BCUT2D eigenvalue weighted by Crippen LogP contribution is -2.38. The van der Waals surface area contributed by atoms with Crippen molar-refractivity contribution < 1.29 is 4.79 Å². The van der Waals surface area contributed by atoms with Crippen molar-refractivity contribution in [3.05, 3.63) is 34.3 Å². The lowest BCUT2D eigenvalue weighted by molar-refractivity contribution is -0.119. The second-order valence-electron chi connectivity index (χ2n) is 5.16. The Balaban J connectivity index is 2.10. The largest absolute Gasteiger partial charge is 0.352 e. The van der Waals surface area contributed by atoms with Crippen LogP contribution in [0, 0.1) is 0 Å². The monoisotopic (exact) mass is 249 g/mol. The fourth-order valence-corrected chi connectivity index (χ4v) is 3.77. The average molecular weight is 250 g/mol. The predicted octanol–water partition coefficient (Wildman–Crippen LogP) is 2.82. The maximum atomic E-state index is 11.7. The molecule has 1 aromatic carbocycles. The van der Waals surface area contributed by atoms with Crippen LogP contribution in [0.2, 0.25) is 5.02 Å². The molecule has 2 atom stereocenters. The highest BCUT2D eigenvalue weighted by molar-refractivity contribution is 6.30. The molecule has 1 aromatic rings. The van der Waals surface area contributed by atoms with Crippen molar-refractivity contribution in [1.29, 1.82) is 0 Å². The SMILES string of the molecule is CCC1NC(=O)CC12CCc1cc(Cl)ccc12. The molecule has 2 nitrogen and oxygen atoms in total. The van der Waals surface area contributed by atoms with Gasteiger partial charge in [0.2, 0.25) is 5.91 Å². The summed E-state index contributed by atoms with van der Waals surface area (Å²) < 4.78 is 0. The topological polar surface area (TPSA) is 29.1 Å². The van der Waals surface area contributed by atoms with Crippen molar-refractivity contribution in [2.24, 2.45) is 0 Å². The maximum Gasteiger partial charge on any atom is 0.221 e. The summed E-state index contributed by atoms with van der Waals surface area (Å²) in [5, 5.41) is 3.92. The lowest BCUT2D eigenvalue weighted by Gasteiger charge is -2.30. The van der Waals surface area contributed by atoms with Crippen LogP contribution in [0.1, 0.15) is 37.3 Å². The second kappa shape index (κ2) is 3.74. The molecule has 1 N–H and O–H groups in total. The van der Waals surface area contributed by atoms with Gasteiger partial charge in [0.25, 0.3) is 0 Å². The molecule has 1 aliphatic heterocycles. The Morgan fingerprint density at radius 2 is 2.35 bits per heavy atom. The van der Waals surface area contributed by atoms with Gasteiger partial charge in [0.15, 0.2) is 0 Å². The fraction of sp³-hybridized carbons (Fsp3) is 0.500. The van der Waals surface area contributed by atoms with E-state index in [1.54, 1.807) is 0 Å². The number of hydrogen-bond acceptors (Lipinski definition) is 1. The molecule has 0 saturated carbocycles. The molecule has 1 heterocycles. The Kier molecular flexibility index (Phi) is 2.44. The summed E-state index contributed by atoms with van der Waals surface area (Å²) in [6.45, 7) is 2.14. The molecule has 2 unspecified atom stereocenters. The summed E-state index contributed by atoms with van der Waals surface area (Å²) in [4.78, 5) is 11.7. The number of halogens is 1. The van der Waals surface area contributed by atoms with Crippen LogP contribution in [0.25, 0.3) is 0 Å². The molecule has 1 fully saturated rings. The van der Waals surface area contributed by atoms with E-state index in [0.29, 0.717) is 6.42 Å². The van der Waals surface area contributed by atoms with Gasteiger partial charge in [-0.25, -0.2) is 0 Å². The third-order valence-corrected chi connectivity index (χ3v) is 4.57. The normalized spacial score (nSPS) is 30.7. The first-order valence-corrected chi connectivity index (χ1v) is 6.62. The molecule has 1 aliphatic carbocycles. The summed E-state index contributed by atoms with van der Waals surface area (Å²) in [5.41, 5.74) is 2.70. The first kappa shape index (κ1) is 11.1. The van der Waals surface area contributed by atoms with E-state index in [1.165, 1.54) is 11.1 Å². The van der Waals surface area contributed by atoms with Crippen molar-refractivity contribution >= 4 is 17.5 Å². The molecule has 0 bridgehead atoms. The number of rotatable bonds is 1. The van der Waals surface area contributed by atoms with E-state index in [4.69, 9.17) is 11.6 Å². The quantitative estimate of drug-likeness (QED) is 0.815. The van der Waals surface area contributed by atoms with Gasteiger partial charge < -0.3 is 5.32 Å². The number of nitrogens with one attached hydrogen (secondary N) is 1. The summed E-state index contributed by atoms with van der Waals surface area (Å²) >= 11 is 6.03. The van der Waals surface area contributed by atoms with Gasteiger partial charge in [-0.3, -0.25) is 4.79 Å². The first-order chi connectivity index (χ1) is 8.15. The molecule has 3 rings (SSSR count). The van der Waals surface area contributed by atoms with Gasteiger partial charge in [0, 0.05) is 22.9 Å². The van der Waals surface area contributed by atoms with Crippen LogP contribution < -0.4 is 5.32 Å². The second-order valence-corrected chi connectivity index (χ2v) is 5.60. The van der Waals surface area contributed by atoms with E-state index in [0.717, 1.165) is 24.3 Å². The van der Waals surface area contributed by atoms with E-state index < -0.39 is 0 Å². The minimum atomic E-state index is 0.0335. The molecular formula is C14H16ClNO. The standard InChI is InChI=1S/C14H16ClNO/c1-2-12-14(8-13(17)16-12)6-5-9-7-10(15)3-4-11(9)14/h3-4,7,12H,2,5-6,8H2,1H3,(H,16,17). The van der Waals surface area contributed by atoms with Crippen LogP contribution in [0.4, 0.5) is 0 Å². The predicted molar refractivity (Wildman–Crippen MR) is 68.3 cm³/mol. The highest BCUT2D eigenvalue weighted by Gasteiger charge is 2.50. The molecule has 2 aliphatic rings. The summed E-state index contributed by atoms with van der Waals surface area (Å²) in [6, 6.07) is 6.41. The minimum Gasteiger partial charge on any atom is -0.352 e. The highest BCUT2D eigenvalue weighted by atomic mass is 35.5. The van der Waals surface area contributed by atoms with Crippen LogP contribution >= 0.6 is 11.6 Å². The number of carbonyl (C=O) groups excluding carboxylic acids is 1. The van der Waals surface area contributed by atoms with E-state index in [1.807, 2.05) is 6.07 Å². The van der Waals surface area contributed by atoms with Crippen LogP contribution in [-0.4, -0.2) is 11.9 Å². The molecule has 3 heteroatoms. The fourth-order valence-electron chi connectivity index (χ4n) is 3.58. The number of benzene rings is 1. The molecule has 90 valence electrons. The maximum absolute atomic E-state index is 11.7. The van der Waals surface area contributed by atoms with Crippen molar-refractivity contribution in [3.63, 3.8) is 0 Å². The molecule has 1 amide bonds. The van der Waals surface area contributed by atoms with Crippen LogP contribution in [-0.2, 0) is 16.6 Å². The van der Waals surface area contributed by atoms with Gasteiger partial charge in [-0.15, -0.1) is 0 Å². The Labute approximate surface area is 106 Å². The number of fused-ring (bicyclic) bond motifs is 2. The third kappa shape index (κ3) is 1.50. The molecular weight excluding hydrogens is 234 g/mol. The van der Waals surface area contributed by atoms with Gasteiger partial charge in [0.1, 0.15) is 0 Å². The van der Waals surface area contributed by atoms with Crippen molar-refractivity contribution in [3.8, 4) is 0 Å². The molecule has 0 aromatic heterocycles. The number of aryl methyl sites for hydroxylation is 1. The van der Waals surface area contributed by atoms with Crippen LogP contribution in [0.5, 0.6) is 0 Å². The molecule has 1 spiro atoms. The number of hydrogen-bond donors (Lipinski definition) is 1. The van der Waals surface area contributed by atoms with Crippen molar-refractivity contribution in [2.45, 2.75) is 44.1 Å². The minimum absolute atomic E-state index is 0.0335. The molecule has 17 heavy (non-hydrogen) atoms. The zero-order valence-electron chi connectivity index (χ0n) is 9.92. The molecule has 0 radical (unpaired) electrons. The Morgan fingerprint density at radius 1 is 1.53 bits per heavy atom. The number of carbonyl (C=O) groups is 1. The van der Waals surface area contributed by atoms with E-state index in [9.17, 15) is 4.79 Å². The Morgan fingerprint density at radius 3 is 3.12 bits per heavy atom. The number of amides is 1. The van der Waals surface area contributed by atoms with E-state index in [2.05, 4.69) is 24.4 Å². The smallest absolute Gasteiger partial charge is 0.221 e. The van der Waals surface area contributed by atoms with Crippen molar-refractivity contribution in [1.82, 2.24) is 5.32 Å². The van der Waals surface area contributed by atoms with E-state index >= 15 is 0 Å². The van der Waals surface area contributed by atoms with E-state index in [-0.39, 0.29) is 17.4 Å². The average Bonchev–Trinajstić information content (AvgIpc) is 2.81. The Hall–Kier alpha value is -1.02. The van der Waals surface area contributed by atoms with Gasteiger partial charge >= 0.3 is 0 Å². The summed E-state index contributed by atoms with van der Waals surface area (Å²) in [5.74, 6) is 0.194. The van der Waals surface area contributed by atoms with Crippen LogP contribution in [0.15, 0.2) is 18.2 Å². The lowest BCUT2D eigenvalue weighted by atomic mass is 9.74. The van der Waals surface area contributed by atoms with Gasteiger partial charge in [-0.1, -0.05) is 24.6 Å². The first-order valence-electron chi connectivity index (χ1n) is 6.24. The van der Waals surface area contributed by atoms with Crippen LogP contribution in [0.3, 0.4) is 0 Å². The van der Waals surface area contributed by atoms with Gasteiger partial charge in [-0.2, -0.15) is 0 Å². The Bertz CT molecular complexity index is 485. The van der Waals surface area contributed by atoms with Gasteiger partial charge in [-0.05, 0) is 42.5 Å². The summed E-state index contributed by atoms with van der Waals surface area (Å²) in [6.07, 6.45) is 3.75. The zero-order chi connectivity index (χ0) is 12.0. The molecule has 1 saturated heterocycles. The van der Waals surface area contributed by atoms with Crippen molar-refractivity contribution in [2.75, 3.05) is 0 Å². The summed E-state index contributed by atoms with van der Waals surface area (Å²) in [7, 11) is 0. The third-order valence-electron chi connectivity index (χ3n) is 4.33.